The van der Waals surface area contributed by atoms with Crippen molar-refractivity contribution in [1.82, 2.24) is 0 Å². The minimum Gasteiger partial charge on any atom is -0.469 e. The molecule has 0 fully saturated rings. The van der Waals surface area contributed by atoms with Crippen LogP contribution < -0.4 is 0 Å². The van der Waals surface area contributed by atoms with Crippen LogP contribution in [0.25, 0.3) is 0 Å². The fourth-order valence-corrected chi connectivity index (χ4v) is 1.11. The van der Waals surface area contributed by atoms with Crippen LogP contribution in [0.1, 0.15) is 38.5 Å². The molecule has 0 aromatic rings. The Bertz CT molecular complexity index is 129. The van der Waals surface area contributed by atoms with Gasteiger partial charge in [-0.2, -0.15) is 0 Å². The molecule has 0 atom stereocenters. The molecule has 0 bridgehead atoms. The molecule has 12 heavy (non-hydrogen) atoms. The van der Waals surface area contributed by atoms with Crippen molar-refractivity contribution in [2.24, 2.45) is 0 Å². The van der Waals surface area contributed by atoms with E-state index in [0.717, 1.165) is 0 Å². The average Bonchev–Trinajstić information content (AvgIpc) is 1.82. The van der Waals surface area contributed by atoms with Gasteiger partial charge in [0.2, 0.25) is 0 Å². The predicted octanol–water partition coefficient (Wildman–Crippen LogP) is 3.80. The summed E-state index contributed by atoms with van der Waals surface area (Å²) >= 11 is 4.19. The zero-order valence-corrected chi connectivity index (χ0v) is 7.89. The van der Waals surface area contributed by atoms with Gasteiger partial charge in [0.05, 0.1) is 0 Å². The van der Waals surface area contributed by atoms with Gasteiger partial charge in [-0.1, -0.05) is 25.0 Å². The highest BCUT2D eigenvalue weighted by Gasteiger charge is 1.89. The molecular weight excluding hydrogens is 176 g/mol. The maximum atomic E-state index is 8.77. The maximum Gasteiger partial charge on any atom is 0.401 e. The Morgan fingerprint density at radius 3 is 1.75 bits per heavy atom. The van der Waals surface area contributed by atoms with Crippen LogP contribution in [0, 0.1) is 0 Å². The highest BCUT2D eigenvalue weighted by atomic mass is 35.5. The summed E-state index contributed by atoms with van der Waals surface area (Å²) in [6.45, 7) is 0. The molecule has 1 rings (SSSR count). The van der Waals surface area contributed by atoms with Gasteiger partial charge in [0.1, 0.15) is 0 Å². The zero-order chi connectivity index (χ0) is 9.23. The minimum atomic E-state index is -1.36. The number of hydrogen-bond donors (Lipinski definition) is 1. The van der Waals surface area contributed by atoms with Gasteiger partial charge in [0.15, 0.2) is 0 Å². The lowest BCUT2D eigenvalue weighted by molar-refractivity contribution is 0.220. The van der Waals surface area contributed by atoms with Crippen LogP contribution >= 0.6 is 11.6 Å². The van der Waals surface area contributed by atoms with E-state index in [1.54, 1.807) is 0 Å². The molecule has 0 aliphatic heterocycles. The Kier molecular flexibility index (Phi) is 8.24. The lowest BCUT2D eigenvalue weighted by atomic mass is 10.1. The first-order chi connectivity index (χ1) is 5.73. The summed E-state index contributed by atoms with van der Waals surface area (Å²) in [6.07, 6.45) is 13.0. The molecule has 70 valence electrons. The van der Waals surface area contributed by atoms with Crippen LogP contribution in [0.4, 0.5) is 4.79 Å². The van der Waals surface area contributed by atoms with E-state index in [2.05, 4.69) is 23.8 Å². The molecule has 0 heterocycles. The van der Waals surface area contributed by atoms with E-state index in [-0.39, 0.29) is 0 Å². The van der Waals surface area contributed by atoms with E-state index in [4.69, 9.17) is 9.90 Å². The third kappa shape index (κ3) is 12.2. The van der Waals surface area contributed by atoms with Gasteiger partial charge in [-0.25, -0.2) is 4.79 Å². The van der Waals surface area contributed by atoms with E-state index >= 15 is 0 Å². The quantitative estimate of drug-likeness (QED) is 0.466. The molecule has 0 saturated heterocycles. The van der Waals surface area contributed by atoms with Crippen molar-refractivity contribution < 1.29 is 9.90 Å². The van der Waals surface area contributed by atoms with Gasteiger partial charge in [0, 0.05) is 11.6 Å². The van der Waals surface area contributed by atoms with E-state index in [1.807, 2.05) is 0 Å². The predicted molar refractivity (Wildman–Crippen MR) is 50.7 cm³/mol. The van der Waals surface area contributed by atoms with Gasteiger partial charge in [-0.3, -0.25) is 0 Å². The van der Waals surface area contributed by atoms with Gasteiger partial charge in [0.25, 0.3) is 0 Å². The smallest absolute Gasteiger partial charge is 0.401 e. The van der Waals surface area contributed by atoms with Crippen LogP contribution in [-0.2, 0) is 0 Å². The Morgan fingerprint density at radius 2 is 1.42 bits per heavy atom. The zero-order valence-electron chi connectivity index (χ0n) is 7.13. The molecule has 0 aromatic carbocycles. The molecule has 0 amide bonds. The molecular formula is C9H15ClO2. The summed E-state index contributed by atoms with van der Waals surface area (Å²) in [6, 6.07) is 0. The highest BCUT2D eigenvalue weighted by molar-refractivity contribution is 6.60. The number of carboxylic acid groups (broad SMARTS) is 1. The van der Waals surface area contributed by atoms with E-state index in [0.29, 0.717) is 0 Å². The first-order valence-corrected chi connectivity index (χ1v) is 4.64. The van der Waals surface area contributed by atoms with Crippen molar-refractivity contribution in [3.05, 3.63) is 12.2 Å². The lowest BCUT2D eigenvalue weighted by Crippen LogP contribution is -1.80. The Balaban J connectivity index is 0.000000261. The van der Waals surface area contributed by atoms with Crippen molar-refractivity contribution in [2.45, 2.75) is 38.5 Å². The average molecular weight is 191 g/mol. The third-order valence-electron chi connectivity index (χ3n) is 1.66. The van der Waals surface area contributed by atoms with Crippen LogP contribution in [0.5, 0.6) is 0 Å². The third-order valence-corrected chi connectivity index (χ3v) is 1.66. The summed E-state index contributed by atoms with van der Waals surface area (Å²) in [5, 5.41) is 7.18. The lowest BCUT2D eigenvalue weighted by Gasteiger charge is -2.00. The van der Waals surface area contributed by atoms with Crippen LogP contribution in [-0.4, -0.2) is 10.5 Å². The number of allylic oxidation sites excluding steroid dienone is 2. The molecule has 1 aliphatic rings. The number of halogens is 1. The van der Waals surface area contributed by atoms with Crippen molar-refractivity contribution in [3.8, 4) is 0 Å². The molecule has 0 spiro atoms. The molecule has 3 heteroatoms. The molecule has 0 aromatic heterocycles. The molecule has 2 nitrogen and oxygen atoms in total. The summed E-state index contributed by atoms with van der Waals surface area (Å²) < 4.78 is 0. The van der Waals surface area contributed by atoms with E-state index < -0.39 is 5.43 Å². The highest BCUT2D eigenvalue weighted by Crippen LogP contribution is 2.09. The van der Waals surface area contributed by atoms with Gasteiger partial charge in [-0.15, -0.1) is 0 Å². The minimum absolute atomic E-state index is 1.32. The standard InChI is InChI=1S/C8H14.CHClO2/c1-2-4-6-8-7-5-3-1;2-1(3)4/h1-2H,3-8H2;(H,3,4)/b2-1+;. The summed E-state index contributed by atoms with van der Waals surface area (Å²) in [5.74, 6) is 0. The fraction of sp³-hybridized carbons (Fsp3) is 0.667. The fourth-order valence-electron chi connectivity index (χ4n) is 1.11. The van der Waals surface area contributed by atoms with Crippen LogP contribution in [0.15, 0.2) is 12.2 Å². The number of rotatable bonds is 0. The molecule has 0 saturated carbocycles. The molecule has 0 unspecified atom stereocenters. The van der Waals surface area contributed by atoms with E-state index in [1.165, 1.54) is 38.5 Å². The van der Waals surface area contributed by atoms with Crippen LogP contribution in [0.2, 0.25) is 0 Å². The normalized spacial score (nSPS) is 19.4. The van der Waals surface area contributed by atoms with Crippen molar-refractivity contribution in [1.29, 1.82) is 0 Å². The Hall–Kier alpha value is -0.500. The van der Waals surface area contributed by atoms with Crippen molar-refractivity contribution in [2.75, 3.05) is 0 Å². The summed E-state index contributed by atoms with van der Waals surface area (Å²) in [4.78, 5) is 8.77. The van der Waals surface area contributed by atoms with Gasteiger partial charge >= 0.3 is 5.43 Å². The Morgan fingerprint density at radius 1 is 1.08 bits per heavy atom. The Labute approximate surface area is 78.2 Å². The summed E-state index contributed by atoms with van der Waals surface area (Å²) in [7, 11) is 0. The molecule has 1 aliphatic carbocycles. The second-order valence-corrected chi connectivity index (χ2v) is 3.04. The topological polar surface area (TPSA) is 37.3 Å². The SMILES string of the molecule is C1=C/CCCCCC/1.O=C(O)Cl. The number of hydrogen-bond acceptors (Lipinski definition) is 1. The van der Waals surface area contributed by atoms with Crippen molar-refractivity contribution >= 4 is 17.0 Å². The summed E-state index contributed by atoms with van der Waals surface area (Å²) in [5.41, 5.74) is -1.36. The largest absolute Gasteiger partial charge is 0.469 e. The van der Waals surface area contributed by atoms with Crippen LogP contribution in [0.3, 0.4) is 0 Å². The first-order valence-electron chi connectivity index (χ1n) is 4.27. The second kappa shape index (κ2) is 8.60. The molecule has 0 radical (unpaired) electrons. The monoisotopic (exact) mass is 190 g/mol. The maximum absolute atomic E-state index is 8.77. The van der Waals surface area contributed by atoms with E-state index in [9.17, 15) is 0 Å². The molecule has 1 N–H and O–H groups in total. The van der Waals surface area contributed by atoms with Gasteiger partial charge < -0.3 is 5.11 Å². The number of carbonyl (C=O) groups is 1. The van der Waals surface area contributed by atoms with Crippen molar-refractivity contribution in [3.63, 3.8) is 0 Å². The first kappa shape index (κ1) is 11.5. The second-order valence-electron chi connectivity index (χ2n) is 2.72. The van der Waals surface area contributed by atoms with Gasteiger partial charge in [-0.05, 0) is 25.7 Å².